The van der Waals surface area contributed by atoms with Gasteiger partial charge in [-0.15, -0.1) is 11.3 Å². The van der Waals surface area contributed by atoms with Crippen LogP contribution in [0.5, 0.6) is 0 Å². The predicted octanol–water partition coefficient (Wildman–Crippen LogP) is 4.25. The number of nitrogens with one attached hydrogen (secondary N) is 1. The van der Waals surface area contributed by atoms with Crippen LogP contribution >= 0.6 is 27.3 Å². The number of nitrogen functional groups attached to an aromatic ring is 1. The van der Waals surface area contributed by atoms with Gasteiger partial charge in [0.05, 0.1) is 11.2 Å². The molecule has 0 saturated heterocycles. The number of aromatic nitrogens is 1. The average molecular weight is 334 g/mol. The monoisotopic (exact) mass is 333 g/mol. The molecule has 3 aromatic rings. The third-order valence-corrected chi connectivity index (χ3v) is 4.58. The Morgan fingerprint density at radius 3 is 3.00 bits per heavy atom. The fraction of sp³-hybridized carbons (Fsp3) is 0.0714. The van der Waals surface area contributed by atoms with Crippen molar-refractivity contribution in [2.45, 2.75) is 6.54 Å². The SMILES string of the molecule is Nc1ccc(NCc2cc(Br)cs2)c2ncccc12. The van der Waals surface area contributed by atoms with E-state index in [9.17, 15) is 0 Å². The Balaban J connectivity index is 1.91. The summed E-state index contributed by atoms with van der Waals surface area (Å²) in [7, 11) is 0. The number of nitrogens with two attached hydrogens (primary N) is 1. The van der Waals surface area contributed by atoms with Gasteiger partial charge in [-0.1, -0.05) is 0 Å². The predicted molar refractivity (Wildman–Crippen MR) is 85.5 cm³/mol. The van der Waals surface area contributed by atoms with E-state index in [0.29, 0.717) is 0 Å². The second-order valence-corrected chi connectivity index (χ2v) is 6.10. The maximum Gasteiger partial charge on any atom is 0.0953 e. The molecule has 5 heteroatoms. The molecule has 2 heterocycles. The second kappa shape index (κ2) is 5.19. The van der Waals surface area contributed by atoms with Gasteiger partial charge in [0, 0.05) is 38.5 Å². The molecule has 3 nitrogen and oxygen atoms in total. The number of pyridine rings is 1. The van der Waals surface area contributed by atoms with Gasteiger partial charge in [0.25, 0.3) is 0 Å². The molecule has 3 rings (SSSR count). The molecule has 0 unspecified atom stereocenters. The molecule has 0 fully saturated rings. The van der Waals surface area contributed by atoms with Gasteiger partial charge in [0.15, 0.2) is 0 Å². The van der Waals surface area contributed by atoms with Gasteiger partial charge in [-0.05, 0) is 46.3 Å². The molecular formula is C14H12BrN3S. The van der Waals surface area contributed by atoms with Crippen molar-refractivity contribution >= 4 is 49.5 Å². The minimum Gasteiger partial charge on any atom is -0.398 e. The molecule has 2 aromatic heterocycles. The normalized spacial score (nSPS) is 10.8. The molecule has 0 aliphatic heterocycles. The third-order valence-electron chi connectivity index (χ3n) is 2.88. The lowest BCUT2D eigenvalue weighted by molar-refractivity contribution is 1.19. The van der Waals surface area contributed by atoms with Crippen LogP contribution in [0.25, 0.3) is 10.9 Å². The summed E-state index contributed by atoms with van der Waals surface area (Å²) >= 11 is 5.18. The Labute approximate surface area is 123 Å². The topological polar surface area (TPSA) is 50.9 Å². The van der Waals surface area contributed by atoms with Crippen LogP contribution in [0.4, 0.5) is 11.4 Å². The van der Waals surface area contributed by atoms with Crippen molar-refractivity contribution in [3.05, 3.63) is 51.3 Å². The number of anilines is 2. The van der Waals surface area contributed by atoms with Crippen LogP contribution in [0.1, 0.15) is 4.88 Å². The van der Waals surface area contributed by atoms with Gasteiger partial charge < -0.3 is 11.1 Å². The molecule has 0 amide bonds. The number of fused-ring (bicyclic) bond motifs is 1. The number of hydrogen-bond donors (Lipinski definition) is 2. The summed E-state index contributed by atoms with van der Waals surface area (Å²) in [4.78, 5) is 5.68. The lowest BCUT2D eigenvalue weighted by Crippen LogP contribution is -2.00. The average Bonchev–Trinajstić information content (AvgIpc) is 2.84. The van der Waals surface area contributed by atoms with Crippen molar-refractivity contribution < 1.29 is 0 Å². The van der Waals surface area contributed by atoms with E-state index in [2.05, 4.69) is 37.7 Å². The van der Waals surface area contributed by atoms with Gasteiger partial charge in [-0.25, -0.2) is 0 Å². The Morgan fingerprint density at radius 1 is 1.32 bits per heavy atom. The van der Waals surface area contributed by atoms with Gasteiger partial charge in [-0.3, -0.25) is 4.98 Å². The summed E-state index contributed by atoms with van der Waals surface area (Å²) in [6.07, 6.45) is 1.79. The van der Waals surface area contributed by atoms with Crippen molar-refractivity contribution in [2.75, 3.05) is 11.1 Å². The minimum atomic E-state index is 0.757. The quantitative estimate of drug-likeness (QED) is 0.704. The van der Waals surface area contributed by atoms with Gasteiger partial charge >= 0.3 is 0 Å². The van der Waals surface area contributed by atoms with E-state index >= 15 is 0 Å². The highest BCUT2D eigenvalue weighted by Crippen LogP contribution is 2.27. The smallest absolute Gasteiger partial charge is 0.0953 e. The van der Waals surface area contributed by atoms with Crippen molar-refractivity contribution in [1.29, 1.82) is 0 Å². The number of hydrogen-bond acceptors (Lipinski definition) is 4. The molecule has 96 valence electrons. The Morgan fingerprint density at radius 2 is 2.21 bits per heavy atom. The van der Waals surface area contributed by atoms with Crippen molar-refractivity contribution in [3.63, 3.8) is 0 Å². The van der Waals surface area contributed by atoms with Crippen molar-refractivity contribution in [1.82, 2.24) is 4.98 Å². The maximum atomic E-state index is 5.96. The van der Waals surface area contributed by atoms with Crippen LogP contribution in [0.2, 0.25) is 0 Å². The van der Waals surface area contributed by atoms with Crippen LogP contribution in [0.3, 0.4) is 0 Å². The summed E-state index contributed by atoms with van der Waals surface area (Å²) in [5.74, 6) is 0. The molecule has 0 aliphatic rings. The van der Waals surface area contributed by atoms with Crippen LogP contribution in [-0.2, 0) is 6.54 Å². The molecule has 0 atom stereocenters. The van der Waals surface area contributed by atoms with E-state index in [4.69, 9.17) is 5.73 Å². The first-order valence-electron chi connectivity index (χ1n) is 5.84. The summed E-state index contributed by atoms with van der Waals surface area (Å²) in [6.45, 7) is 0.784. The number of thiophene rings is 1. The molecule has 0 spiro atoms. The lowest BCUT2D eigenvalue weighted by atomic mass is 10.1. The molecule has 0 radical (unpaired) electrons. The fourth-order valence-corrected chi connectivity index (χ4v) is 3.36. The minimum absolute atomic E-state index is 0.757. The summed E-state index contributed by atoms with van der Waals surface area (Å²) in [6, 6.07) is 9.90. The molecule has 3 N–H and O–H groups in total. The number of benzene rings is 1. The molecule has 1 aromatic carbocycles. The summed E-state index contributed by atoms with van der Waals surface area (Å²) < 4.78 is 1.12. The second-order valence-electron chi connectivity index (χ2n) is 4.19. The third kappa shape index (κ3) is 2.57. The van der Waals surface area contributed by atoms with Crippen LogP contribution in [0, 0.1) is 0 Å². The molecule has 19 heavy (non-hydrogen) atoms. The number of halogens is 1. The Kier molecular flexibility index (Phi) is 3.40. The zero-order chi connectivity index (χ0) is 13.2. The van der Waals surface area contributed by atoms with Crippen molar-refractivity contribution in [3.8, 4) is 0 Å². The zero-order valence-corrected chi connectivity index (χ0v) is 12.5. The first-order chi connectivity index (χ1) is 9.24. The van der Waals surface area contributed by atoms with Crippen LogP contribution in [-0.4, -0.2) is 4.98 Å². The van der Waals surface area contributed by atoms with E-state index in [1.165, 1.54) is 4.88 Å². The maximum absolute atomic E-state index is 5.96. The largest absolute Gasteiger partial charge is 0.398 e. The highest BCUT2D eigenvalue weighted by molar-refractivity contribution is 9.10. The lowest BCUT2D eigenvalue weighted by Gasteiger charge is -2.09. The highest BCUT2D eigenvalue weighted by atomic mass is 79.9. The summed E-state index contributed by atoms with van der Waals surface area (Å²) in [5.41, 5.74) is 8.64. The fourth-order valence-electron chi connectivity index (χ4n) is 1.97. The van der Waals surface area contributed by atoms with Crippen LogP contribution < -0.4 is 11.1 Å². The molecule has 0 saturated carbocycles. The van der Waals surface area contributed by atoms with Gasteiger partial charge in [0.2, 0.25) is 0 Å². The molecule has 0 bridgehead atoms. The van der Waals surface area contributed by atoms with E-state index in [1.54, 1.807) is 17.5 Å². The van der Waals surface area contributed by atoms with Gasteiger partial charge in [-0.2, -0.15) is 0 Å². The Hall–Kier alpha value is -1.59. The van der Waals surface area contributed by atoms with E-state index < -0.39 is 0 Å². The van der Waals surface area contributed by atoms with E-state index in [-0.39, 0.29) is 0 Å². The highest BCUT2D eigenvalue weighted by Gasteiger charge is 2.05. The van der Waals surface area contributed by atoms with Gasteiger partial charge in [0.1, 0.15) is 0 Å². The summed E-state index contributed by atoms with van der Waals surface area (Å²) in [5, 5.41) is 6.48. The standard InChI is InChI=1S/C14H12BrN3S/c15-9-6-10(19-8-9)7-18-13-4-3-12(16)11-2-1-5-17-14(11)13/h1-6,8,18H,7,16H2. The first-order valence-corrected chi connectivity index (χ1v) is 7.51. The van der Waals surface area contributed by atoms with E-state index in [1.807, 2.05) is 24.3 Å². The molecular weight excluding hydrogens is 322 g/mol. The van der Waals surface area contributed by atoms with E-state index in [0.717, 1.165) is 33.3 Å². The van der Waals surface area contributed by atoms with Crippen molar-refractivity contribution in [2.24, 2.45) is 0 Å². The Bertz CT molecular complexity index is 724. The van der Waals surface area contributed by atoms with Crippen LogP contribution in [0.15, 0.2) is 46.4 Å². The first kappa shape index (κ1) is 12.4. The zero-order valence-electron chi connectivity index (χ0n) is 10.1. The molecule has 0 aliphatic carbocycles. The number of rotatable bonds is 3. The number of nitrogens with zero attached hydrogens (tertiary/aromatic N) is 1.